The van der Waals surface area contributed by atoms with E-state index in [1.807, 2.05) is 18.2 Å². The van der Waals surface area contributed by atoms with Gasteiger partial charge >= 0.3 is 0 Å². The molecule has 5 nitrogen and oxygen atoms in total. The molecule has 0 unspecified atom stereocenters. The third kappa shape index (κ3) is 2.76. The van der Waals surface area contributed by atoms with Crippen molar-refractivity contribution in [3.05, 3.63) is 23.8 Å². The Kier molecular flexibility index (Phi) is 3.76. The molecule has 18 heavy (non-hydrogen) atoms. The van der Waals surface area contributed by atoms with E-state index in [1.165, 1.54) is 0 Å². The van der Waals surface area contributed by atoms with E-state index >= 15 is 0 Å². The number of hydrogen-bond donors (Lipinski definition) is 2. The number of carbonyl (C=O) groups is 2. The molecule has 0 saturated heterocycles. The van der Waals surface area contributed by atoms with Gasteiger partial charge in [0.1, 0.15) is 5.75 Å². The molecule has 0 bridgehead atoms. The van der Waals surface area contributed by atoms with E-state index in [-0.39, 0.29) is 17.8 Å². The van der Waals surface area contributed by atoms with Crippen molar-refractivity contribution >= 4 is 29.5 Å². The van der Waals surface area contributed by atoms with Crippen LogP contribution in [0.1, 0.15) is 5.56 Å². The Labute approximate surface area is 111 Å². The fourth-order valence-corrected chi connectivity index (χ4v) is 1.90. The minimum atomic E-state index is -0.344. The molecular formula is C12H14N2O3S. The molecular weight excluding hydrogens is 252 g/mol. The second kappa shape index (κ2) is 5.30. The number of benzene rings is 1. The second-order valence-electron chi connectivity index (χ2n) is 4.03. The van der Waals surface area contributed by atoms with Crippen LogP contribution in [0.3, 0.4) is 0 Å². The van der Waals surface area contributed by atoms with Gasteiger partial charge in [0.15, 0.2) is 6.61 Å². The zero-order valence-electron chi connectivity index (χ0n) is 9.97. The lowest BCUT2D eigenvalue weighted by atomic mass is 10.1. The molecule has 0 saturated carbocycles. The van der Waals surface area contributed by atoms with E-state index < -0.39 is 0 Å². The van der Waals surface area contributed by atoms with Gasteiger partial charge in [0, 0.05) is 13.6 Å². The predicted molar refractivity (Wildman–Crippen MR) is 71.4 cm³/mol. The fourth-order valence-electron chi connectivity index (χ4n) is 1.79. The van der Waals surface area contributed by atoms with Crippen LogP contribution in [0.2, 0.25) is 0 Å². The minimum absolute atomic E-state index is 0.0664. The summed E-state index contributed by atoms with van der Waals surface area (Å²) in [7, 11) is 1.73. The van der Waals surface area contributed by atoms with Crippen LogP contribution in [0.5, 0.6) is 5.75 Å². The molecule has 1 aromatic carbocycles. The van der Waals surface area contributed by atoms with Crippen molar-refractivity contribution < 1.29 is 14.3 Å². The molecule has 0 atom stereocenters. The van der Waals surface area contributed by atoms with Gasteiger partial charge in [-0.3, -0.25) is 9.59 Å². The summed E-state index contributed by atoms with van der Waals surface area (Å²) in [5.41, 5.74) is 1.79. The van der Waals surface area contributed by atoms with Crippen molar-refractivity contribution in [2.45, 2.75) is 6.42 Å². The third-order valence-corrected chi connectivity index (χ3v) is 2.96. The maximum atomic E-state index is 11.5. The standard InChI is InChI=1S/C12H14N2O3S/c1-14-9-6-8(4-5-13-12(16)18)2-3-10(9)17-7-11(14)15/h2-3,6H,4-5,7H2,1H3,(H2,13,16,18). The Balaban J connectivity index is 2.11. The van der Waals surface area contributed by atoms with Crippen molar-refractivity contribution in [1.82, 2.24) is 5.32 Å². The van der Waals surface area contributed by atoms with E-state index in [4.69, 9.17) is 4.74 Å². The molecule has 1 aromatic rings. The summed E-state index contributed by atoms with van der Waals surface area (Å²) in [6.45, 7) is 0.595. The van der Waals surface area contributed by atoms with Gasteiger partial charge in [0.2, 0.25) is 0 Å². The molecule has 6 heteroatoms. The molecule has 0 fully saturated rings. The fraction of sp³-hybridized carbons (Fsp3) is 0.333. The van der Waals surface area contributed by atoms with E-state index in [0.717, 1.165) is 11.3 Å². The van der Waals surface area contributed by atoms with Crippen molar-refractivity contribution in [3.8, 4) is 5.75 Å². The van der Waals surface area contributed by atoms with Crippen LogP contribution in [0.4, 0.5) is 10.5 Å². The van der Waals surface area contributed by atoms with Crippen molar-refractivity contribution in [3.63, 3.8) is 0 Å². The summed E-state index contributed by atoms with van der Waals surface area (Å²) >= 11 is 3.63. The summed E-state index contributed by atoms with van der Waals surface area (Å²) in [6.07, 6.45) is 0.682. The molecule has 1 aliphatic heterocycles. The Morgan fingerprint density at radius 2 is 2.33 bits per heavy atom. The molecule has 96 valence electrons. The maximum absolute atomic E-state index is 11.5. The zero-order valence-corrected chi connectivity index (χ0v) is 10.9. The molecule has 1 heterocycles. The normalized spacial score (nSPS) is 13.9. The summed E-state index contributed by atoms with van der Waals surface area (Å²) in [6, 6.07) is 5.67. The first kappa shape index (κ1) is 12.8. The monoisotopic (exact) mass is 266 g/mol. The van der Waals surface area contributed by atoms with Gasteiger partial charge < -0.3 is 15.0 Å². The summed E-state index contributed by atoms with van der Waals surface area (Å²) in [4.78, 5) is 23.7. The number of nitrogens with one attached hydrogen (secondary N) is 1. The largest absolute Gasteiger partial charge is 0.482 e. The summed E-state index contributed by atoms with van der Waals surface area (Å²) in [5.74, 6) is 0.641. The first-order valence-corrected chi connectivity index (χ1v) is 6.01. The molecule has 1 aliphatic rings. The van der Waals surface area contributed by atoms with Crippen LogP contribution >= 0.6 is 12.6 Å². The smallest absolute Gasteiger partial charge is 0.275 e. The number of anilines is 1. The van der Waals surface area contributed by atoms with Crippen LogP contribution in [0, 0.1) is 0 Å². The molecule has 0 radical (unpaired) electrons. The first-order chi connectivity index (χ1) is 8.58. The quantitative estimate of drug-likeness (QED) is 0.809. The van der Waals surface area contributed by atoms with Crippen LogP contribution in [0.15, 0.2) is 18.2 Å². The Hall–Kier alpha value is -1.69. The van der Waals surface area contributed by atoms with Gasteiger partial charge in [0.25, 0.3) is 11.1 Å². The van der Waals surface area contributed by atoms with Gasteiger partial charge in [-0.25, -0.2) is 0 Å². The van der Waals surface area contributed by atoms with Gasteiger partial charge in [-0.05, 0) is 24.1 Å². The number of hydrogen-bond acceptors (Lipinski definition) is 3. The Morgan fingerprint density at radius 3 is 3.06 bits per heavy atom. The minimum Gasteiger partial charge on any atom is -0.482 e. The lowest BCUT2D eigenvalue weighted by molar-refractivity contribution is -0.120. The molecule has 2 amide bonds. The highest BCUT2D eigenvalue weighted by molar-refractivity contribution is 7.96. The van der Waals surface area contributed by atoms with Crippen molar-refractivity contribution in [2.24, 2.45) is 0 Å². The van der Waals surface area contributed by atoms with E-state index in [0.29, 0.717) is 18.7 Å². The molecule has 0 aliphatic carbocycles. The number of carbonyl (C=O) groups excluding carboxylic acids is 2. The predicted octanol–water partition coefficient (Wildman–Crippen LogP) is 1.22. The Morgan fingerprint density at radius 1 is 1.56 bits per heavy atom. The first-order valence-electron chi connectivity index (χ1n) is 5.57. The SMILES string of the molecule is CN1C(=O)COc2ccc(CCNC(=O)S)cc21. The van der Waals surface area contributed by atoms with E-state index in [9.17, 15) is 9.59 Å². The highest BCUT2D eigenvalue weighted by Gasteiger charge is 2.22. The van der Waals surface area contributed by atoms with Crippen LogP contribution in [-0.2, 0) is 11.2 Å². The number of fused-ring (bicyclic) bond motifs is 1. The number of rotatable bonds is 3. The third-order valence-electron chi connectivity index (χ3n) is 2.80. The summed E-state index contributed by atoms with van der Waals surface area (Å²) in [5, 5.41) is 2.26. The summed E-state index contributed by atoms with van der Waals surface area (Å²) < 4.78 is 5.33. The van der Waals surface area contributed by atoms with Gasteiger partial charge in [0.05, 0.1) is 5.69 Å². The van der Waals surface area contributed by atoms with E-state index in [1.54, 1.807) is 11.9 Å². The average molecular weight is 266 g/mol. The topological polar surface area (TPSA) is 58.6 Å². The van der Waals surface area contributed by atoms with Crippen LogP contribution in [0.25, 0.3) is 0 Å². The number of ether oxygens (including phenoxy) is 1. The zero-order chi connectivity index (χ0) is 13.1. The molecule has 1 N–H and O–H groups in total. The molecule has 0 aromatic heterocycles. The maximum Gasteiger partial charge on any atom is 0.275 e. The molecule has 2 rings (SSSR count). The number of likely N-dealkylation sites (N-methyl/N-ethyl adjacent to an activating group) is 1. The molecule has 0 spiro atoms. The number of thiol groups is 1. The van der Waals surface area contributed by atoms with Crippen LogP contribution in [-0.4, -0.2) is 31.3 Å². The van der Waals surface area contributed by atoms with Gasteiger partial charge in [-0.1, -0.05) is 18.7 Å². The Bertz CT molecular complexity index is 490. The van der Waals surface area contributed by atoms with Gasteiger partial charge in [-0.2, -0.15) is 0 Å². The average Bonchev–Trinajstić information content (AvgIpc) is 2.34. The second-order valence-corrected chi connectivity index (χ2v) is 4.43. The highest BCUT2D eigenvalue weighted by atomic mass is 32.1. The lowest BCUT2D eigenvalue weighted by Crippen LogP contribution is -2.35. The van der Waals surface area contributed by atoms with Gasteiger partial charge in [-0.15, -0.1) is 0 Å². The van der Waals surface area contributed by atoms with E-state index in [2.05, 4.69) is 17.9 Å². The lowest BCUT2D eigenvalue weighted by Gasteiger charge is -2.26. The highest BCUT2D eigenvalue weighted by Crippen LogP contribution is 2.31. The van der Waals surface area contributed by atoms with Crippen molar-refractivity contribution in [1.29, 1.82) is 0 Å². The number of amides is 2. The number of nitrogens with zero attached hydrogens (tertiary/aromatic N) is 1. The van der Waals surface area contributed by atoms with Crippen LogP contribution < -0.4 is 15.0 Å². The van der Waals surface area contributed by atoms with Crippen molar-refractivity contribution in [2.75, 3.05) is 25.1 Å².